The highest BCUT2D eigenvalue weighted by Gasteiger charge is 2.63. The summed E-state index contributed by atoms with van der Waals surface area (Å²) in [5.74, 6) is -21.4. The third-order valence-electron chi connectivity index (χ3n) is 4.07. The van der Waals surface area contributed by atoms with Gasteiger partial charge in [-0.1, -0.05) is 6.92 Å². The lowest BCUT2D eigenvalue weighted by Gasteiger charge is -2.29. The molecule has 0 aliphatic carbocycles. The van der Waals surface area contributed by atoms with Crippen molar-refractivity contribution in [1.29, 1.82) is 0 Å². The minimum atomic E-state index is -6.41. The van der Waals surface area contributed by atoms with Gasteiger partial charge < -0.3 is 4.74 Å². The molecular weight excluding hydrogens is 433 g/mol. The van der Waals surface area contributed by atoms with E-state index in [0.29, 0.717) is 0 Å². The van der Waals surface area contributed by atoms with Crippen LogP contribution in [0.1, 0.15) is 52.9 Å². The van der Waals surface area contributed by atoms with Gasteiger partial charge in [-0.2, -0.15) is 22.0 Å². The molecule has 0 spiro atoms. The minimum Gasteiger partial charge on any atom is -0.465 e. The third kappa shape index (κ3) is 9.37. The fourth-order valence-electron chi connectivity index (χ4n) is 2.03. The fraction of sp³-hybridized carbons (Fsp3) is 0.938. The van der Waals surface area contributed by atoms with Gasteiger partial charge in [0.05, 0.1) is 31.3 Å². The topological polar surface area (TPSA) is 26.3 Å². The van der Waals surface area contributed by atoms with Crippen molar-refractivity contribution >= 4 is 5.97 Å². The molecule has 0 rings (SSSR count). The molecule has 0 aromatic carbocycles. The molecule has 0 aromatic heterocycles. The molecule has 0 bridgehead atoms. The highest BCUT2D eigenvalue weighted by atomic mass is 19.4. The normalized spacial score (nSPS) is 14.8. The Morgan fingerprint density at radius 2 is 1.14 bits per heavy atom. The molecule has 0 aliphatic heterocycles. The summed E-state index contributed by atoms with van der Waals surface area (Å²) in [6, 6.07) is 0. The molecule has 0 saturated carbocycles. The molecule has 0 saturated heterocycles. The van der Waals surface area contributed by atoms with Gasteiger partial charge in [-0.25, -0.2) is 26.3 Å². The average Bonchev–Trinajstić information content (AvgIpc) is 2.41. The van der Waals surface area contributed by atoms with Crippen molar-refractivity contribution < 1.29 is 57.8 Å². The van der Waals surface area contributed by atoms with E-state index in [0.717, 1.165) is 0 Å². The predicted octanol–water partition coefficient (Wildman–Crippen LogP) is 6.63. The van der Waals surface area contributed by atoms with Crippen molar-refractivity contribution in [2.45, 2.75) is 82.7 Å². The van der Waals surface area contributed by atoms with Crippen LogP contribution in [-0.2, 0) is 9.53 Å². The lowest BCUT2D eigenvalue weighted by molar-refractivity contribution is -0.304. The van der Waals surface area contributed by atoms with Crippen molar-refractivity contribution in [3.63, 3.8) is 0 Å². The van der Waals surface area contributed by atoms with E-state index in [9.17, 15) is 53.1 Å². The third-order valence-corrected chi connectivity index (χ3v) is 4.07. The Morgan fingerprint density at radius 3 is 1.55 bits per heavy atom. The fourth-order valence-corrected chi connectivity index (χ4v) is 2.03. The van der Waals surface area contributed by atoms with E-state index in [1.807, 2.05) is 0 Å². The molecule has 13 heteroatoms. The van der Waals surface area contributed by atoms with Crippen LogP contribution in [0.5, 0.6) is 0 Å². The standard InChI is InChI=1S/C16H21F11O2/c1-4-11(2,3)10(28)29-6-5-12(17,18)7-13(19,20)8-14(21,22)9-15(23,24)16(25,26)27/h4-9H2,1-3H3. The lowest BCUT2D eigenvalue weighted by atomic mass is 9.91. The molecule has 2 nitrogen and oxygen atoms in total. The number of rotatable bonds is 11. The van der Waals surface area contributed by atoms with Crippen LogP contribution in [0.4, 0.5) is 48.3 Å². The first kappa shape index (κ1) is 27.7. The molecule has 174 valence electrons. The zero-order valence-corrected chi connectivity index (χ0v) is 15.7. The second kappa shape index (κ2) is 8.83. The Kier molecular flexibility index (Phi) is 8.43. The molecule has 0 aromatic rings. The highest BCUT2D eigenvalue weighted by Crippen LogP contribution is 2.47. The van der Waals surface area contributed by atoms with Crippen LogP contribution in [0, 0.1) is 5.41 Å². The van der Waals surface area contributed by atoms with Crippen LogP contribution >= 0.6 is 0 Å². The first-order valence-corrected chi connectivity index (χ1v) is 8.31. The summed E-state index contributed by atoms with van der Waals surface area (Å²) in [6.45, 7) is 3.44. The Morgan fingerprint density at radius 1 is 0.724 bits per heavy atom. The summed E-state index contributed by atoms with van der Waals surface area (Å²) in [7, 11) is 0. The van der Waals surface area contributed by atoms with Crippen LogP contribution < -0.4 is 0 Å². The molecule has 0 atom stereocenters. The van der Waals surface area contributed by atoms with Gasteiger partial charge in [-0.15, -0.1) is 0 Å². The van der Waals surface area contributed by atoms with Gasteiger partial charge in [-0.05, 0) is 20.3 Å². The highest BCUT2D eigenvalue weighted by molar-refractivity contribution is 5.75. The van der Waals surface area contributed by atoms with E-state index in [1.165, 1.54) is 13.8 Å². The summed E-state index contributed by atoms with van der Waals surface area (Å²) in [6.07, 6.45) is -16.4. The van der Waals surface area contributed by atoms with E-state index < -0.39 is 73.5 Å². The number of esters is 1. The van der Waals surface area contributed by atoms with E-state index in [-0.39, 0.29) is 6.42 Å². The van der Waals surface area contributed by atoms with Crippen LogP contribution in [0.2, 0.25) is 0 Å². The lowest BCUT2D eigenvalue weighted by Crippen LogP contribution is -2.44. The van der Waals surface area contributed by atoms with Crippen LogP contribution in [0.25, 0.3) is 0 Å². The molecule has 0 amide bonds. The molecule has 0 unspecified atom stereocenters. The van der Waals surface area contributed by atoms with Crippen molar-refractivity contribution in [1.82, 2.24) is 0 Å². The van der Waals surface area contributed by atoms with Gasteiger partial charge in [0.1, 0.15) is 0 Å². The number of carbonyl (C=O) groups excluding carboxylic acids is 1. The summed E-state index contributed by atoms with van der Waals surface area (Å²) >= 11 is 0. The van der Waals surface area contributed by atoms with Gasteiger partial charge in [0.2, 0.25) is 0 Å². The molecule has 0 fully saturated rings. The second-order valence-corrected chi connectivity index (χ2v) is 7.42. The zero-order valence-electron chi connectivity index (χ0n) is 15.7. The maximum atomic E-state index is 13.6. The number of halogens is 11. The Balaban J connectivity index is 4.91. The Hall–Kier alpha value is -1.30. The monoisotopic (exact) mass is 454 g/mol. The minimum absolute atomic E-state index is 0.276. The Labute approximate surface area is 159 Å². The Bertz CT molecular complexity index is 554. The molecular formula is C16H21F11O2. The molecule has 0 N–H and O–H groups in total. The first-order valence-electron chi connectivity index (χ1n) is 8.31. The van der Waals surface area contributed by atoms with Gasteiger partial charge in [-0.3, -0.25) is 4.79 Å². The van der Waals surface area contributed by atoms with Gasteiger partial charge in [0.15, 0.2) is 0 Å². The van der Waals surface area contributed by atoms with Crippen molar-refractivity contribution in [3.8, 4) is 0 Å². The number of carbonyl (C=O) groups is 1. The predicted molar refractivity (Wildman–Crippen MR) is 79.3 cm³/mol. The summed E-state index contributed by atoms with van der Waals surface area (Å²) in [5, 5.41) is 0. The number of alkyl halides is 11. The molecule has 0 heterocycles. The largest absolute Gasteiger partial charge is 0.465 e. The SMILES string of the molecule is CCC(C)(C)C(=O)OCCC(F)(F)CC(F)(F)CC(F)(F)CC(F)(F)C(F)(F)F. The van der Waals surface area contributed by atoms with Crippen LogP contribution in [0.3, 0.4) is 0 Å². The van der Waals surface area contributed by atoms with Crippen molar-refractivity contribution in [3.05, 3.63) is 0 Å². The van der Waals surface area contributed by atoms with E-state index in [1.54, 1.807) is 6.92 Å². The van der Waals surface area contributed by atoms with Gasteiger partial charge >= 0.3 is 18.1 Å². The van der Waals surface area contributed by atoms with Crippen LogP contribution in [-0.4, -0.2) is 42.4 Å². The number of hydrogen-bond donors (Lipinski definition) is 0. The molecule has 29 heavy (non-hydrogen) atoms. The first-order chi connectivity index (χ1) is 12.6. The van der Waals surface area contributed by atoms with Crippen LogP contribution in [0.15, 0.2) is 0 Å². The van der Waals surface area contributed by atoms with Gasteiger partial charge in [0.25, 0.3) is 17.8 Å². The smallest absolute Gasteiger partial charge is 0.453 e. The second-order valence-electron chi connectivity index (χ2n) is 7.42. The van der Waals surface area contributed by atoms with E-state index in [4.69, 9.17) is 0 Å². The quantitative estimate of drug-likeness (QED) is 0.259. The maximum absolute atomic E-state index is 13.6. The van der Waals surface area contributed by atoms with E-state index >= 15 is 0 Å². The number of ether oxygens (including phenoxy) is 1. The van der Waals surface area contributed by atoms with Gasteiger partial charge in [0, 0.05) is 6.42 Å². The van der Waals surface area contributed by atoms with Crippen molar-refractivity contribution in [2.75, 3.05) is 6.61 Å². The molecule has 0 radical (unpaired) electrons. The van der Waals surface area contributed by atoms with E-state index in [2.05, 4.69) is 4.74 Å². The zero-order chi connectivity index (χ0) is 23.5. The van der Waals surface area contributed by atoms with Crippen molar-refractivity contribution in [2.24, 2.45) is 5.41 Å². The number of hydrogen-bond acceptors (Lipinski definition) is 2. The summed E-state index contributed by atoms with van der Waals surface area (Å²) < 4.78 is 146. The average molecular weight is 454 g/mol. The summed E-state index contributed by atoms with van der Waals surface area (Å²) in [5.41, 5.74) is -1.04. The summed E-state index contributed by atoms with van der Waals surface area (Å²) in [4.78, 5) is 11.6. The maximum Gasteiger partial charge on any atom is 0.453 e. The molecule has 0 aliphatic rings.